The van der Waals surface area contributed by atoms with Crippen molar-refractivity contribution >= 4 is 32.8 Å². The predicted octanol–water partition coefficient (Wildman–Crippen LogP) is 5.02. The van der Waals surface area contributed by atoms with E-state index in [2.05, 4.69) is 15.6 Å². The number of nitrogens with one attached hydrogen (secondary N) is 2. The van der Waals surface area contributed by atoms with Crippen LogP contribution in [0.4, 0.5) is 23.7 Å². The third kappa shape index (κ3) is 5.65. The highest BCUT2D eigenvalue weighted by Gasteiger charge is 2.39. The van der Waals surface area contributed by atoms with Crippen molar-refractivity contribution in [3.05, 3.63) is 77.6 Å². The lowest BCUT2D eigenvalue weighted by Crippen LogP contribution is -2.54. The molecule has 2 N–H and O–H groups in total. The Labute approximate surface area is 244 Å². The van der Waals surface area contributed by atoms with Gasteiger partial charge in [0.25, 0.3) is 10.0 Å². The molecule has 0 radical (unpaired) electrons. The number of anilines is 1. The third-order valence-corrected chi connectivity index (χ3v) is 9.01. The molecule has 10 nitrogen and oxygen atoms in total. The molecule has 2 aliphatic rings. The Kier molecular flexibility index (Phi) is 7.52. The van der Waals surface area contributed by atoms with E-state index in [1.54, 1.807) is 12.1 Å². The van der Waals surface area contributed by atoms with Gasteiger partial charge in [-0.25, -0.2) is 35.3 Å². The summed E-state index contributed by atoms with van der Waals surface area (Å²) in [7, 11) is -4.09. The highest BCUT2D eigenvalue weighted by molar-refractivity contribution is 7.90. The standard InChI is InChI=1S/C29H27F3N4O6S/c1-17-2-4-20(5-3-17)43(38,39)36-12-21(18-7-9-40-13-18)25-24(6-8-33-27(25)36)42-26-22(30)10-19(11-23(26)31)35-28(37)34-14-29(32)15-41-16-29/h2-6,8,10-12,18H,7,9,13-16H2,1H3,(H2,34,35,37)/t18-/m0/s1. The summed E-state index contributed by atoms with van der Waals surface area (Å²) in [6.07, 6.45) is 3.34. The zero-order valence-electron chi connectivity index (χ0n) is 22.9. The molecule has 2 aliphatic heterocycles. The molecule has 2 amide bonds. The molecule has 226 valence electrons. The van der Waals surface area contributed by atoms with Crippen molar-refractivity contribution in [2.45, 2.75) is 29.8 Å². The summed E-state index contributed by atoms with van der Waals surface area (Å²) in [5, 5.41) is 4.83. The molecule has 0 aliphatic carbocycles. The van der Waals surface area contributed by atoms with E-state index in [4.69, 9.17) is 14.2 Å². The van der Waals surface area contributed by atoms with E-state index in [0.717, 1.165) is 21.7 Å². The molecule has 0 bridgehead atoms. The van der Waals surface area contributed by atoms with Gasteiger partial charge in [-0.05, 0) is 37.1 Å². The maximum Gasteiger partial charge on any atom is 0.319 e. The molecule has 2 saturated heterocycles. The lowest BCUT2D eigenvalue weighted by Gasteiger charge is -2.33. The summed E-state index contributed by atoms with van der Waals surface area (Å²) in [6.45, 7) is 2.00. The van der Waals surface area contributed by atoms with Crippen LogP contribution < -0.4 is 15.4 Å². The van der Waals surface area contributed by atoms with Gasteiger partial charge in [0.1, 0.15) is 5.75 Å². The Bertz CT molecular complexity index is 1780. The van der Waals surface area contributed by atoms with Gasteiger partial charge in [-0.3, -0.25) is 0 Å². The molecular formula is C29H27F3N4O6S. The number of hydrogen-bond acceptors (Lipinski definition) is 7. The van der Waals surface area contributed by atoms with Gasteiger partial charge < -0.3 is 24.8 Å². The number of rotatable bonds is 8. The first-order valence-corrected chi connectivity index (χ1v) is 14.9. The summed E-state index contributed by atoms with van der Waals surface area (Å²) in [4.78, 5) is 16.5. The number of aryl methyl sites for hydroxylation is 1. The molecule has 0 unspecified atom stereocenters. The average molecular weight is 617 g/mol. The highest BCUT2D eigenvalue weighted by atomic mass is 32.2. The SMILES string of the molecule is Cc1ccc(S(=O)(=O)n2cc([C@H]3CCOC3)c3c(Oc4c(F)cc(NC(=O)NCC5(F)COC5)cc4F)ccnc32)cc1. The summed E-state index contributed by atoms with van der Waals surface area (Å²) < 4.78 is 88.9. The number of amides is 2. The number of halogens is 3. The van der Waals surface area contributed by atoms with E-state index in [9.17, 15) is 17.6 Å². The fraction of sp³-hybridized carbons (Fsp3) is 0.310. The van der Waals surface area contributed by atoms with Crippen LogP contribution in [0.5, 0.6) is 11.5 Å². The highest BCUT2D eigenvalue weighted by Crippen LogP contribution is 2.41. The molecule has 2 aromatic heterocycles. The Morgan fingerprint density at radius 1 is 1.14 bits per heavy atom. The topological polar surface area (TPSA) is 121 Å². The number of hydrogen-bond donors (Lipinski definition) is 2. The van der Waals surface area contributed by atoms with E-state index in [-0.39, 0.29) is 53.0 Å². The van der Waals surface area contributed by atoms with Crippen LogP contribution in [0.25, 0.3) is 11.0 Å². The van der Waals surface area contributed by atoms with Gasteiger partial charge in [0.05, 0.1) is 36.6 Å². The van der Waals surface area contributed by atoms with Gasteiger partial charge in [0, 0.05) is 42.7 Å². The molecule has 0 saturated carbocycles. The minimum absolute atomic E-state index is 0.0167. The number of nitrogens with zero attached hydrogens (tertiary/aromatic N) is 2. The minimum atomic E-state index is -4.09. The lowest BCUT2D eigenvalue weighted by atomic mass is 9.98. The number of ether oxygens (including phenoxy) is 3. The van der Waals surface area contributed by atoms with E-state index < -0.39 is 39.1 Å². The zero-order chi connectivity index (χ0) is 30.4. The normalized spacial score (nSPS) is 17.9. The summed E-state index contributed by atoms with van der Waals surface area (Å²) in [5.74, 6) is -3.26. The molecule has 2 fully saturated rings. The van der Waals surface area contributed by atoms with Crippen LogP contribution in [0.15, 0.2) is 59.8 Å². The van der Waals surface area contributed by atoms with Crippen molar-refractivity contribution < 1.29 is 40.6 Å². The molecule has 6 rings (SSSR count). The Morgan fingerprint density at radius 2 is 1.86 bits per heavy atom. The summed E-state index contributed by atoms with van der Waals surface area (Å²) in [6, 6.07) is 8.59. The smallest absolute Gasteiger partial charge is 0.319 e. The Hall–Kier alpha value is -4.14. The van der Waals surface area contributed by atoms with Crippen LogP contribution in [0.1, 0.15) is 23.5 Å². The number of carbonyl (C=O) groups excluding carboxylic acids is 1. The van der Waals surface area contributed by atoms with Crippen LogP contribution in [-0.2, 0) is 19.5 Å². The molecule has 2 aromatic carbocycles. The van der Waals surface area contributed by atoms with Crippen LogP contribution in [-0.4, -0.2) is 62.0 Å². The second-order valence-corrected chi connectivity index (χ2v) is 12.4. The Balaban J connectivity index is 1.33. The van der Waals surface area contributed by atoms with Gasteiger partial charge in [0.2, 0.25) is 0 Å². The number of alkyl halides is 1. The maximum absolute atomic E-state index is 15.2. The second-order valence-electron chi connectivity index (χ2n) is 10.6. The van der Waals surface area contributed by atoms with Crippen molar-refractivity contribution in [2.75, 3.05) is 38.3 Å². The van der Waals surface area contributed by atoms with Crippen molar-refractivity contribution in [3.63, 3.8) is 0 Å². The molecule has 1 atom stereocenters. The van der Waals surface area contributed by atoms with Gasteiger partial charge in [-0.15, -0.1) is 0 Å². The number of pyridine rings is 1. The number of fused-ring (bicyclic) bond motifs is 1. The fourth-order valence-electron chi connectivity index (χ4n) is 4.98. The number of carbonyl (C=O) groups is 1. The maximum atomic E-state index is 15.2. The van der Waals surface area contributed by atoms with Crippen molar-refractivity contribution in [2.24, 2.45) is 0 Å². The quantitative estimate of drug-likeness (QED) is 0.285. The average Bonchev–Trinajstić information content (AvgIpc) is 3.62. The lowest BCUT2D eigenvalue weighted by molar-refractivity contribution is -0.125. The van der Waals surface area contributed by atoms with Gasteiger partial charge in [0.15, 0.2) is 28.7 Å². The first kappa shape index (κ1) is 29.0. The zero-order valence-corrected chi connectivity index (χ0v) is 23.7. The minimum Gasteiger partial charge on any atom is -0.450 e. The molecule has 0 spiro atoms. The molecule has 4 aromatic rings. The third-order valence-electron chi connectivity index (χ3n) is 7.35. The van der Waals surface area contributed by atoms with Crippen molar-refractivity contribution in [1.29, 1.82) is 0 Å². The largest absolute Gasteiger partial charge is 0.450 e. The van der Waals surface area contributed by atoms with Crippen molar-refractivity contribution in [1.82, 2.24) is 14.3 Å². The van der Waals surface area contributed by atoms with Gasteiger partial charge >= 0.3 is 6.03 Å². The number of aromatic nitrogens is 2. The van der Waals surface area contributed by atoms with Crippen LogP contribution in [0, 0.1) is 18.6 Å². The molecular weight excluding hydrogens is 589 g/mol. The van der Waals surface area contributed by atoms with Crippen LogP contribution >= 0.6 is 0 Å². The van der Waals surface area contributed by atoms with E-state index >= 15 is 8.78 Å². The summed E-state index contributed by atoms with van der Waals surface area (Å²) in [5.41, 5.74) is -0.445. The van der Waals surface area contributed by atoms with E-state index in [1.807, 2.05) is 6.92 Å². The van der Waals surface area contributed by atoms with Crippen molar-refractivity contribution in [3.8, 4) is 11.5 Å². The first-order valence-electron chi connectivity index (χ1n) is 13.4. The van der Waals surface area contributed by atoms with Gasteiger partial charge in [-0.2, -0.15) is 0 Å². The number of benzene rings is 2. The predicted molar refractivity (Wildman–Crippen MR) is 150 cm³/mol. The van der Waals surface area contributed by atoms with Crippen LogP contribution in [0.3, 0.4) is 0 Å². The monoisotopic (exact) mass is 616 g/mol. The molecule has 4 heterocycles. The van der Waals surface area contributed by atoms with E-state index in [0.29, 0.717) is 25.2 Å². The summed E-state index contributed by atoms with van der Waals surface area (Å²) >= 11 is 0. The van der Waals surface area contributed by atoms with E-state index in [1.165, 1.54) is 30.6 Å². The Morgan fingerprint density at radius 3 is 2.49 bits per heavy atom. The second kappa shape index (κ2) is 11.2. The molecule has 43 heavy (non-hydrogen) atoms. The van der Waals surface area contributed by atoms with Gasteiger partial charge in [-0.1, -0.05) is 17.7 Å². The fourth-order valence-corrected chi connectivity index (χ4v) is 6.31. The van der Waals surface area contributed by atoms with Crippen LogP contribution in [0.2, 0.25) is 0 Å². The number of urea groups is 1. The molecule has 14 heteroatoms. The first-order chi connectivity index (χ1) is 20.5.